The molecular formula is C18H27N3O4S. The molecule has 2 heterocycles. The SMILES string of the molecule is O=C(NCCN1CCOCC1)c1ccc(CS(=O)(=O)N2CCCC2)cc1. The zero-order valence-electron chi connectivity index (χ0n) is 15.0. The van der Waals surface area contributed by atoms with Crippen LogP contribution in [0.5, 0.6) is 0 Å². The molecule has 144 valence electrons. The quantitative estimate of drug-likeness (QED) is 0.751. The van der Waals surface area contributed by atoms with Gasteiger partial charge in [-0.2, -0.15) is 0 Å². The van der Waals surface area contributed by atoms with Crippen LogP contribution in [0.3, 0.4) is 0 Å². The highest BCUT2D eigenvalue weighted by Crippen LogP contribution is 2.17. The van der Waals surface area contributed by atoms with Crippen LogP contribution in [0.2, 0.25) is 0 Å². The maximum absolute atomic E-state index is 12.3. The summed E-state index contributed by atoms with van der Waals surface area (Å²) in [6, 6.07) is 6.84. The Balaban J connectivity index is 1.47. The van der Waals surface area contributed by atoms with E-state index in [0.29, 0.717) is 30.8 Å². The van der Waals surface area contributed by atoms with Gasteiger partial charge in [-0.1, -0.05) is 12.1 Å². The number of nitrogens with zero attached hydrogens (tertiary/aromatic N) is 2. The van der Waals surface area contributed by atoms with Crippen LogP contribution in [0.4, 0.5) is 0 Å². The third kappa shape index (κ3) is 5.26. The van der Waals surface area contributed by atoms with Gasteiger partial charge in [-0.15, -0.1) is 0 Å². The molecule has 2 saturated heterocycles. The maximum atomic E-state index is 12.3. The van der Waals surface area contributed by atoms with E-state index in [-0.39, 0.29) is 11.7 Å². The third-order valence-electron chi connectivity index (χ3n) is 4.84. The Morgan fingerprint density at radius 3 is 2.35 bits per heavy atom. The predicted octanol–water partition coefficient (Wildman–Crippen LogP) is 0.674. The lowest BCUT2D eigenvalue weighted by molar-refractivity contribution is 0.0383. The molecule has 1 N–H and O–H groups in total. The lowest BCUT2D eigenvalue weighted by Gasteiger charge is -2.26. The molecule has 0 saturated carbocycles. The summed E-state index contributed by atoms with van der Waals surface area (Å²) >= 11 is 0. The number of carbonyl (C=O) groups excluding carboxylic acids is 1. The fourth-order valence-corrected chi connectivity index (χ4v) is 4.89. The molecule has 2 aliphatic rings. The van der Waals surface area contributed by atoms with Gasteiger partial charge in [-0.05, 0) is 30.5 Å². The van der Waals surface area contributed by atoms with Crippen LogP contribution in [-0.2, 0) is 20.5 Å². The number of nitrogens with one attached hydrogen (secondary N) is 1. The summed E-state index contributed by atoms with van der Waals surface area (Å²) in [4.78, 5) is 14.5. The highest BCUT2D eigenvalue weighted by molar-refractivity contribution is 7.88. The van der Waals surface area contributed by atoms with Crippen LogP contribution in [0, 0.1) is 0 Å². The normalized spacial score (nSPS) is 19.5. The molecule has 1 aromatic carbocycles. The van der Waals surface area contributed by atoms with Gasteiger partial charge in [0.15, 0.2) is 0 Å². The standard InChI is InChI=1S/C18H27N3O4S/c22-18(19-7-10-20-11-13-25-14-12-20)17-5-3-16(4-6-17)15-26(23,24)21-8-1-2-9-21/h3-6H,1-2,7-15H2,(H,19,22). The fourth-order valence-electron chi connectivity index (χ4n) is 3.27. The third-order valence-corrected chi connectivity index (χ3v) is 6.69. The van der Waals surface area contributed by atoms with Gasteiger partial charge in [-0.25, -0.2) is 12.7 Å². The Morgan fingerprint density at radius 1 is 1.04 bits per heavy atom. The van der Waals surface area contributed by atoms with Crippen molar-refractivity contribution in [3.8, 4) is 0 Å². The van der Waals surface area contributed by atoms with Crippen molar-refractivity contribution in [3.63, 3.8) is 0 Å². The van der Waals surface area contributed by atoms with E-state index >= 15 is 0 Å². The van der Waals surface area contributed by atoms with Crippen LogP contribution >= 0.6 is 0 Å². The van der Waals surface area contributed by atoms with Gasteiger partial charge in [0.25, 0.3) is 5.91 Å². The van der Waals surface area contributed by atoms with E-state index in [0.717, 1.165) is 45.7 Å². The van der Waals surface area contributed by atoms with Crippen molar-refractivity contribution in [3.05, 3.63) is 35.4 Å². The van der Waals surface area contributed by atoms with Crippen LogP contribution in [-0.4, -0.2) is 76.0 Å². The Labute approximate surface area is 155 Å². The second-order valence-electron chi connectivity index (χ2n) is 6.77. The number of ether oxygens (including phenoxy) is 1. The van der Waals surface area contributed by atoms with Crippen molar-refractivity contribution in [2.45, 2.75) is 18.6 Å². The average molecular weight is 381 g/mol. The Bertz CT molecular complexity index is 694. The first-order valence-corrected chi connectivity index (χ1v) is 10.8. The monoisotopic (exact) mass is 381 g/mol. The summed E-state index contributed by atoms with van der Waals surface area (Å²) in [5.74, 6) is -0.140. The summed E-state index contributed by atoms with van der Waals surface area (Å²) in [7, 11) is -3.26. The predicted molar refractivity (Wildman–Crippen MR) is 99.5 cm³/mol. The number of morpholine rings is 1. The average Bonchev–Trinajstić information content (AvgIpc) is 3.19. The van der Waals surface area contributed by atoms with Gasteiger partial charge in [0.1, 0.15) is 0 Å². The summed E-state index contributed by atoms with van der Waals surface area (Å²) < 4.78 is 31.5. The zero-order valence-corrected chi connectivity index (χ0v) is 15.8. The maximum Gasteiger partial charge on any atom is 0.251 e. The molecule has 0 atom stereocenters. The van der Waals surface area contributed by atoms with E-state index in [1.54, 1.807) is 28.6 Å². The van der Waals surface area contributed by atoms with Gasteiger partial charge in [0, 0.05) is 44.8 Å². The van der Waals surface area contributed by atoms with Crippen molar-refractivity contribution in [1.29, 1.82) is 0 Å². The van der Waals surface area contributed by atoms with E-state index < -0.39 is 10.0 Å². The van der Waals surface area contributed by atoms with Gasteiger partial charge >= 0.3 is 0 Å². The first kappa shape index (κ1) is 19.3. The first-order valence-electron chi connectivity index (χ1n) is 9.20. The van der Waals surface area contributed by atoms with E-state index in [1.807, 2.05) is 0 Å². The number of hydrogen-bond donors (Lipinski definition) is 1. The Kier molecular flexibility index (Phi) is 6.63. The van der Waals surface area contributed by atoms with Gasteiger partial charge < -0.3 is 10.1 Å². The number of sulfonamides is 1. The molecule has 0 unspecified atom stereocenters. The number of hydrogen-bond acceptors (Lipinski definition) is 5. The molecule has 1 amide bonds. The number of benzene rings is 1. The van der Waals surface area contributed by atoms with Crippen LogP contribution in [0.25, 0.3) is 0 Å². The lowest BCUT2D eigenvalue weighted by atomic mass is 10.1. The largest absolute Gasteiger partial charge is 0.379 e. The molecule has 8 heteroatoms. The van der Waals surface area contributed by atoms with Crippen molar-refractivity contribution in [1.82, 2.24) is 14.5 Å². The lowest BCUT2D eigenvalue weighted by Crippen LogP contribution is -2.41. The molecular weight excluding hydrogens is 354 g/mol. The molecule has 0 radical (unpaired) electrons. The van der Waals surface area contributed by atoms with E-state index in [4.69, 9.17) is 4.74 Å². The van der Waals surface area contributed by atoms with Gasteiger partial charge in [0.05, 0.1) is 19.0 Å². The topological polar surface area (TPSA) is 79.0 Å². The van der Waals surface area contributed by atoms with Crippen LogP contribution in [0.1, 0.15) is 28.8 Å². The molecule has 0 aliphatic carbocycles. The molecule has 2 fully saturated rings. The van der Waals surface area contributed by atoms with Crippen molar-refractivity contribution in [2.75, 3.05) is 52.5 Å². The molecule has 0 spiro atoms. The molecule has 2 aliphatic heterocycles. The minimum atomic E-state index is -3.26. The second kappa shape index (κ2) is 8.94. The van der Waals surface area contributed by atoms with Crippen LogP contribution in [0.15, 0.2) is 24.3 Å². The number of amides is 1. The van der Waals surface area contributed by atoms with E-state index in [9.17, 15) is 13.2 Å². The Morgan fingerprint density at radius 2 is 1.69 bits per heavy atom. The fraction of sp³-hybridized carbons (Fsp3) is 0.611. The van der Waals surface area contributed by atoms with Gasteiger partial charge in [0.2, 0.25) is 10.0 Å². The number of rotatable bonds is 7. The number of carbonyl (C=O) groups is 1. The first-order chi connectivity index (χ1) is 12.5. The minimum Gasteiger partial charge on any atom is -0.379 e. The van der Waals surface area contributed by atoms with Crippen molar-refractivity contribution >= 4 is 15.9 Å². The zero-order chi connectivity index (χ0) is 18.4. The molecule has 0 aromatic heterocycles. The van der Waals surface area contributed by atoms with Gasteiger partial charge in [-0.3, -0.25) is 9.69 Å². The van der Waals surface area contributed by atoms with Crippen molar-refractivity contribution < 1.29 is 17.9 Å². The molecule has 1 aromatic rings. The molecule has 0 bridgehead atoms. The molecule has 7 nitrogen and oxygen atoms in total. The highest BCUT2D eigenvalue weighted by Gasteiger charge is 2.25. The molecule has 3 rings (SSSR count). The second-order valence-corrected chi connectivity index (χ2v) is 8.74. The van der Waals surface area contributed by atoms with Crippen molar-refractivity contribution in [2.24, 2.45) is 0 Å². The Hall–Kier alpha value is -1.48. The van der Waals surface area contributed by atoms with Crippen LogP contribution < -0.4 is 5.32 Å². The summed E-state index contributed by atoms with van der Waals surface area (Å²) in [6.07, 6.45) is 1.87. The van der Waals surface area contributed by atoms with E-state index in [2.05, 4.69) is 10.2 Å². The summed E-state index contributed by atoms with van der Waals surface area (Å²) in [6.45, 7) is 5.92. The minimum absolute atomic E-state index is 0.00801. The highest BCUT2D eigenvalue weighted by atomic mass is 32.2. The summed E-state index contributed by atoms with van der Waals surface area (Å²) in [5, 5.41) is 2.91. The smallest absolute Gasteiger partial charge is 0.251 e. The summed E-state index contributed by atoms with van der Waals surface area (Å²) in [5.41, 5.74) is 1.26. The molecule has 26 heavy (non-hydrogen) atoms. The van der Waals surface area contributed by atoms with E-state index in [1.165, 1.54) is 0 Å².